The molecule has 0 saturated heterocycles. The fourth-order valence-corrected chi connectivity index (χ4v) is 2.81. The second kappa shape index (κ2) is 10.0. The molecule has 0 aliphatic carbocycles. The topological polar surface area (TPSA) is 120 Å². The van der Waals surface area contributed by atoms with Crippen LogP contribution in [-0.2, 0) is 13.6 Å². The van der Waals surface area contributed by atoms with Crippen LogP contribution < -0.4 is 21.3 Å². The van der Waals surface area contributed by atoms with Gasteiger partial charge in [0.15, 0.2) is 11.2 Å². The van der Waals surface area contributed by atoms with Gasteiger partial charge in [-0.2, -0.15) is 4.98 Å². The van der Waals surface area contributed by atoms with Crippen molar-refractivity contribution in [2.75, 3.05) is 40.3 Å². The summed E-state index contributed by atoms with van der Waals surface area (Å²) >= 11 is 0. The van der Waals surface area contributed by atoms with Crippen LogP contribution in [-0.4, -0.2) is 74.5 Å². The normalized spacial score (nSPS) is 11.3. The van der Waals surface area contributed by atoms with Gasteiger partial charge < -0.3 is 15.0 Å². The molecule has 0 atom stereocenters. The maximum Gasteiger partial charge on any atom is 0.336 e. The molecule has 0 radical (unpaired) electrons. The molecular formula is C19H26N8O3. The largest absolute Gasteiger partial charge is 0.462 e. The maximum atomic E-state index is 12.6. The Morgan fingerprint density at radius 2 is 2.03 bits per heavy atom. The van der Waals surface area contributed by atoms with Gasteiger partial charge in [0, 0.05) is 32.5 Å². The van der Waals surface area contributed by atoms with Crippen molar-refractivity contribution in [3.63, 3.8) is 0 Å². The van der Waals surface area contributed by atoms with Crippen LogP contribution >= 0.6 is 0 Å². The summed E-state index contributed by atoms with van der Waals surface area (Å²) in [5.41, 5.74) is -0.0874. The average Bonchev–Trinajstić information content (AvgIpc) is 2.75. The predicted molar refractivity (Wildman–Crippen MR) is 112 cm³/mol. The molecule has 0 bridgehead atoms. The van der Waals surface area contributed by atoms with Gasteiger partial charge in [-0.1, -0.05) is 11.2 Å². The van der Waals surface area contributed by atoms with Crippen LogP contribution in [0.1, 0.15) is 12.0 Å². The summed E-state index contributed by atoms with van der Waals surface area (Å²) in [7, 11) is 5.45. The number of pyridine rings is 1. The molecule has 11 heteroatoms. The lowest BCUT2D eigenvalue weighted by atomic mass is 10.3. The smallest absolute Gasteiger partial charge is 0.336 e. The molecule has 0 aliphatic heterocycles. The Kier molecular flexibility index (Phi) is 7.20. The van der Waals surface area contributed by atoms with Crippen LogP contribution in [0.15, 0.2) is 34.1 Å². The Morgan fingerprint density at radius 1 is 1.20 bits per heavy atom. The summed E-state index contributed by atoms with van der Waals surface area (Å²) in [6, 6.07) is 3.62. The van der Waals surface area contributed by atoms with Crippen molar-refractivity contribution in [2.24, 2.45) is 7.05 Å². The molecule has 3 aromatic rings. The zero-order valence-electron chi connectivity index (χ0n) is 17.4. The van der Waals surface area contributed by atoms with E-state index in [1.165, 1.54) is 11.6 Å². The summed E-state index contributed by atoms with van der Waals surface area (Å²) in [5, 5.41) is 11.3. The number of aromatic nitrogens is 6. The lowest BCUT2D eigenvalue weighted by Gasteiger charge is -2.11. The molecular weight excluding hydrogens is 388 g/mol. The first kappa shape index (κ1) is 21.5. The molecule has 0 unspecified atom stereocenters. The van der Waals surface area contributed by atoms with Crippen molar-refractivity contribution >= 4 is 11.2 Å². The van der Waals surface area contributed by atoms with Crippen LogP contribution in [0.5, 0.6) is 6.01 Å². The van der Waals surface area contributed by atoms with Gasteiger partial charge >= 0.3 is 11.7 Å². The summed E-state index contributed by atoms with van der Waals surface area (Å²) in [5.74, 6) is 0. The SMILES string of the molecule is CN(C)CCNCCCOc1nnc2c(n1)c(=O)n(C)c(=O)n2Cc1cccnc1. The molecule has 3 aromatic heterocycles. The van der Waals surface area contributed by atoms with E-state index in [0.29, 0.717) is 6.61 Å². The minimum atomic E-state index is -0.539. The molecule has 11 nitrogen and oxygen atoms in total. The Morgan fingerprint density at radius 3 is 2.77 bits per heavy atom. The van der Waals surface area contributed by atoms with Gasteiger partial charge in [-0.3, -0.25) is 18.9 Å². The van der Waals surface area contributed by atoms with Gasteiger partial charge in [-0.15, -0.1) is 5.10 Å². The predicted octanol–water partition coefficient (Wildman–Crippen LogP) is -0.751. The highest BCUT2D eigenvalue weighted by molar-refractivity contribution is 5.68. The molecule has 0 aliphatic rings. The van der Waals surface area contributed by atoms with E-state index in [2.05, 4.69) is 30.4 Å². The van der Waals surface area contributed by atoms with Gasteiger partial charge in [-0.05, 0) is 38.7 Å². The van der Waals surface area contributed by atoms with E-state index >= 15 is 0 Å². The zero-order chi connectivity index (χ0) is 21.5. The van der Waals surface area contributed by atoms with Gasteiger partial charge in [0.1, 0.15) is 0 Å². The second-order valence-corrected chi connectivity index (χ2v) is 7.12. The third kappa shape index (κ3) is 5.24. The van der Waals surface area contributed by atoms with Gasteiger partial charge in [-0.25, -0.2) is 4.79 Å². The van der Waals surface area contributed by atoms with Gasteiger partial charge in [0.25, 0.3) is 5.56 Å². The van der Waals surface area contributed by atoms with E-state index < -0.39 is 11.2 Å². The lowest BCUT2D eigenvalue weighted by Crippen LogP contribution is -2.39. The number of nitrogens with one attached hydrogen (secondary N) is 1. The summed E-state index contributed by atoms with van der Waals surface area (Å²) < 4.78 is 7.90. The first-order chi connectivity index (χ1) is 14.5. The molecule has 3 rings (SSSR count). The van der Waals surface area contributed by atoms with Crippen LogP contribution in [0.3, 0.4) is 0 Å². The molecule has 0 spiro atoms. The number of nitrogens with zero attached hydrogens (tertiary/aromatic N) is 7. The molecule has 0 saturated carbocycles. The Hall–Kier alpha value is -3.18. The van der Waals surface area contributed by atoms with E-state index in [-0.39, 0.29) is 23.7 Å². The number of fused-ring (bicyclic) bond motifs is 1. The number of rotatable bonds is 10. The first-order valence-corrected chi connectivity index (χ1v) is 9.69. The minimum absolute atomic E-state index is 0.0134. The van der Waals surface area contributed by atoms with E-state index in [4.69, 9.17) is 4.74 Å². The lowest BCUT2D eigenvalue weighted by molar-refractivity contribution is 0.280. The highest BCUT2D eigenvalue weighted by atomic mass is 16.5. The van der Waals surface area contributed by atoms with Gasteiger partial charge in [0.05, 0.1) is 13.2 Å². The number of likely N-dealkylation sites (N-methyl/N-ethyl adjacent to an activating group) is 1. The summed E-state index contributed by atoms with van der Waals surface area (Å²) in [4.78, 5) is 35.5. The Labute approximate surface area is 173 Å². The highest BCUT2D eigenvalue weighted by Crippen LogP contribution is 2.08. The number of hydrogen-bond donors (Lipinski definition) is 1. The Bertz CT molecular complexity index is 1090. The van der Waals surface area contributed by atoms with Gasteiger partial charge in [0.2, 0.25) is 0 Å². The van der Waals surface area contributed by atoms with Crippen molar-refractivity contribution in [3.05, 3.63) is 50.9 Å². The van der Waals surface area contributed by atoms with Crippen molar-refractivity contribution < 1.29 is 4.74 Å². The quantitative estimate of drug-likeness (QED) is 0.427. The molecule has 3 heterocycles. The van der Waals surface area contributed by atoms with E-state index in [1.54, 1.807) is 18.5 Å². The minimum Gasteiger partial charge on any atom is -0.462 e. The average molecular weight is 414 g/mol. The van der Waals surface area contributed by atoms with Crippen LogP contribution in [0.4, 0.5) is 0 Å². The zero-order valence-corrected chi connectivity index (χ0v) is 17.4. The first-order valence-electron chi connectivity index (χ1n) is 9.69. The van der Waals surface area contributed by atoms with E-state index in [9.17, 15) is 9.59 Å². The maximum absolute atomic E-state index is 12.6. The highest BCUT2D eigenvalue weighted by Gasteiger charge is 2.16. The van der Waals surface area contributed by atoms with Crippen molar-refractivity contribution in [1.82, 2.24) is 39.5 Å². The molecule has 0 amide bonds. The second-order valence-electron chi connectivity index (χ2n) is 7.12. The van der Waals surface area contributed by atoms with Crippen LogP contribution in [0.2, 0.25) is 0 Å². The fourth-order valence-electron chi connectivity index (χ4n) is 2.81. The fraction of sp³-hybridized carbons (Fsp3) is 0.474. The standard InChI is InChI=1S/C19H26N8O3/c1-25(2)10-9-20-8-5-11-30-18-22-15-16(23-24-18)27(19(29)26(3)17(15)28)13-14-6-4-7-21-12-14/h4,6-7,12,20H,5,8-11,13H2,1-3H3. The van der Waals surface area contributed by atoms with Crippen LogP contribution in [0, 0.1) is 0 Å². The summed E-state index contributed by atoms with van der Waals surface area (Å²) in [6.45, 7) is 3.24. The molecule has 160 valence electrons. The number of hydrogen-bond acceptors (Lipinski definition) is 9. The Balaban J connectivity index is 1.74. The number of ether oxygens (including phenoxy) is 1. The van der Waals surface area contributed by atoms with Crippen LogP contribution in [0.25, 0.3) is 11.2 Å². The molecule has 1 N–H and O–H groups in total. The molecule has 0 aromatic carbocycles. The molecule has 0 fully saturated rings. The van der Waals surface area contributed by atoms with E-state index in [0.717, 1.165) is 36.2 Å². The summed E-state index contributed by atoms with van der Waals surface area (Å²) in [6.07, 6.45) is 4.05. The molecule has 30 heavy (non-hydrogen) atoms. The van der Waals surface area contributed by atoms with E-state index in [1.807, 2.05) is 20.2 Å². The third-order valence-electron chi connectivity index (χ3n) is 4.46. The van der Waals surface area contributed by atoms with Crippen molar-refractivity contribution in [3.8, 4) is 6.01 Å². The van der Waals surface area contributed by atoms with Crippen molar-refractivity contribution in [2.45, 2.75) is 13.0 Å². The third-order valence-corrected chi connectivity index (χ3v) is 4.46. The monoisotopic (exact) mass is 414 g/mol. The van der Waals surface area contributed by atoms with Crippen molar-refractivity contribution in [1.29, 1.82) is 0 Å².